The molecular formula is C18H22N4O2. The number of hydrogen-bond donors (Lipinski definition) is 0. The normalized spacial score (nSPS) is 16.8. The largest absolute Gasteiger partial charge is 0.481 e. The molecule has 2 aliphatic rings. The highest BCUT2D eigenvalue weighted by molar-refractivity contribution is 5.46. The number of hydrogen-bond acceptors (Lipinski definition) is 6. The number of anilines is 1. The molecule has 1 aliphatic carbocycles. The SMILES string of the molecule is COc1cc(N2CCc3c(COCC4CC4)cncc3C2)ncn1. The Kier molecular flexibility index (Phi) is 4.30. The molecular weight excluding hydrogens is 304 g/mol. The second-order valence-electron chi connectivity index (χ2n) is 6.48. The Balaban J connectivity index is 1.48. The van der Waals surface area contributed by atoms with Crippen LogP contribution in [0.25, 0.3) is 0 Å². The van der Waals surface area contributed by atoms with Gasteiger partial charge in [-0.25, -0.2) is 9.97 Å². The lowest BCUT2D eigenvalue weighted by Gasteiger charge is -2.30. The van der Waals surface area contributed by atoms with Gasteiger partial charge in [0.25, 0.3) is 0 Å². The number of aromatic nitrogens is 3. The molecule has 1 saturated carbocycles. The Morgan fingerprint density at radius 1 is 1.25 bits per heavy atom. The van der Waals surface area contributed by atoms with Crippen LogP contribution in [0.2, 0.25) is 0 Å². The third kappa shape index (κ3) is 3.33. The number of nitrogens with zero attached hydrogens (tertiary/aromatic N) is 4. The molecule has 6 nitrogen and oxygen atoms in total. The summed E-state index contributed by atoms with van der Waals surface area (Å²) in [5.41, 5.74) is 3.87. The molecule has 126 valence electrons. The van der Waals surface area contributed by atoms with Crippen LogP contribution in [0.4, 0.5) is 5.82 Å². The second-order valence-corrected chi connectivity index (χ2v) is 6.48. The lowest BCUT2D eigenvalue weighted by Crippen LogP contribution is -2.32. The standard InChI is InChI=1S/C18H22N4O2/c1-23-18-6-17(20-12-21-18)22-5-4-16-14(9-22)7-19-8-15(16)11-24-10-13-2-3-13/h6-8,12-13H,2-5,9-11H2,1H3. The van der Waals surface area contributed by atoms with Crippen LogP contribution in [0, 0.1) is 5.92 Å². The zero-order valence-corrected chi connectivity index (χ0v) is 13.9. The Hall–Kier alpha value is -2.21. The maximum Gasteiger partial charge on any atom is 0.218 e. The maximum atomic E-state index is 5.86. The fourth-order valence-corrected chi connectivity index (χ4v) is 3.12. The van der Waals surface area contributed by atoms with Crippen molar-refractivity contribution in [3.05, 3.63) is 41.5 Å². The topological polar surface area (TPSA) is 60.4 Å². The van der Waals surface area contributed by atoms with Gasteiger partial charge in [-0.15, -0.1) is 0 Å². The lowest BCUT2D eigenvalue weighted by molar-refractivity contribution is 0.110. The van der Waals surface area contributed by atoms with E-state index >= 15 is 0 Å². The molecule has 0 bridgehead atoms. The van der Waals surface area contributed by atoms with Crippen LogP contribution >= 0.6 is 0 Å². The molecule has 2 aromatic rings. The molecule has 0 radical (unpaired) electrons. The Labute approximate surface area is 141 Å². The fourth-order valence-electron chi connectivity index (χ4n) is 3.12. The predicted octanol–water partition coefficient (Wildman–Crippen LogP) is 2.37. The first-order valence-corrected chi connectivity index (χ1v) is 8.47. The zero-order chi connectivity index (χ0) is 16.4. The van der Waals surface area contributed by atoms with Gasteiger partial charge in [0.05, 0.1) is 13.7 Å². The molecule has 0 spiro atoms. The summed E-state index contributed by atoms with van der Waals surface area (Å²) in [5, 5.41) is 0. The highest BCUT2D eigenvalue weighted by Gasteiger charge is 2.23. The molecule has 2 aromatic heterocycles. The predicted molar refractivity (Wildman–Crippen MR) is 90.0 cm³/mol. The molecule has 0 aromatic carbocycles. The number of pyridine rings is 1. The van der Waals surface area contributed by atoms with E-state index in [0.29, 0.717) is 12.5 Å². The summed E-state index contributed by atoms with van der Waals surface area (Å²) in [6.07, 6.45) is 9.08. The summed E-state index contributed by atoms with van der Waals surface area (Å²) in [4.78, 5) is 15.1. The summed E-state index contributed by atoms with van der Waals surface area (Å²) in [6.45, 7) is 3.29. The molecule has 4 rings (SSSR count). The van der Waals surface area contributed by atoms with E-state index in [0.717, 1.165) is 37.9 Å². The molecule has 0 saturated heterocycles. The minimum Gasteiger partial charge on any atom is -0.481 e. The Morgan fingerprint density at radius 2 is 2.17 bits per heavy atom. The molecule has 6 heteroatoms. The number of rotatable bonds is 6. The molecule has 0 atom stereocenters. The molecule has 0 N–H and O–H groups in total. The van der Waals surface area contributed by atoms with Crippen molar-refractivity contribution < 1.29 is 9.47 Å². The van der Waals surface area contributed by atoms with E-state index in [2.05, 4.69) is 19.9 Å². The van der Waals surface area contributed by atoms with E-state index in [-0.39, 0.29) is 0 Å². The summed E-state index contributed by atoms with van der Waals surface area (Å²) < 4.78 is 11.1. The summed E-state index contributed by atoms with van der Waals surface area (Å²) in [6, 6.07) is 1.88. The van der Waals surface area contributed by atoms with Crippen molar-refractivity contribution >= 4 is 5.82 Å². The monoisotopic (exact) mass is 326 g/mol. The summed E-state index contributed by atoms with van der Waals surface area (Å²) >= 11 is 0. The molecule has 3 heterocycles. The van der Waals surface area contributed by atoms with E-state index in [1.165, 1.54) is 29.5 Å². The minimum atomic E-state index is 0.589. The highest BCUT2D eigenvalue weighted by atomic mass is 16.5. The third-order valence-electron chi connectivity index (χ3n) is 4.70. The van der Waals surface area contributed by atoms with Crippen molar-refractivity contribution in [2.75, 3.05) is 25.2 Å². The van der Waals surface area contributed by atoms with Crippen LogP contribution < -0.4 is 9.64 Å². The summed E-state index contributed by atoms with van der Waals surface area (Å²) in [7, 11) is 1.62. The van der Waals surface area contributed by atoms with Crippen molar-refractivity contribution in [1.82, 2.24) is 15.0 Å². The van der Waals surface area contributed by atoms with Crippen LogP contribution in [0.5, 0.6) is 5.88 Å². The van der Waals surface area contributed by atoms with Gasteiger partial charge >= 0.3 is 0 Å². The second kappa shape index (κ2) is 6.73. The average molecular weight is 326 g/mol. The average Bonchev–Trinajstić information content (AvgIpc) is 3.46. The van der Waals surface area contributed by atoms with Crippen LogP contribution in [0.15, 0.2) is 24.8 Å². The van der Waals surface area contributed by atoms with Crippen molar-refractivity contribution in [3.63, 3.8) is 0 Å². The van der Waals surface area contributed by atoms with E-state index in [1.54, 1.807) is 13.4 Å². The van der Waals surface area contributed by atoms with Gasteiger partial charge in [0, 0.05) is 38.2 Å². The van der Waals surface area contributed by atoms with E-state index in [1.807, 2.05) is 18.5 Å². The van der Waals surface area contributed by atoms with Crippen LogP contribution in [-0.4, -0.2) is 35.2 Å². The van der Waals surface area contributed by atoms with Crippen LogP contribution in [0.3, 0.4) is 0 Å². The summed E-state index contributed by atoms with van der Waals surface area (Å²) in [5.74, 6) is 2.27. The van der Waals surface area contributed by atoms with Gasteiger partial charge in [-0.1, -0.05) is 0 Å². The van der Waals surface area contributed by atoms with E-state index in [9.17, 15) is 0 Å². The smallest absolute Gasteiger partial charge is 0.218 e. The fraction of sp³-hybridized carbons (Fsp3) is 0.500. The van der Waals surface area contributed by atoms with Gasteiger partial charge in [0.1, 0.15) is 12.1 Å². The van der Waals surface area contributed by atoms with Crippen LogP contribution in [0.1, 0.15) is 29.5 Å². The molecule has 0 unspecified atom stereocenters. The zero-order valence-electron chi connectivity index (χ0n) is 13.9. The molecule has 0 amide bonds. The molecule has 1 aliphatic heterocycles. The van der Waals surface area contributed by atoms with E-state index in [4.69, 9.17) is 9.47 Å². The molecule has 24 heavy (non-hydrogen) atoms. The Bertz CT molecular complexity index is 718. The lowest BCUT2D eigenvalue weighted by atomic mass is 9.97. The number of methoxy groups -OCH3 is 1. The maximum absolute atomic E-state index is 5.86. The van der Waals surface area contributed by atoms with Gasteiger partial charge in [-0.3, -0.25) is 4.98 Å². The van der Waals surface area contributed by atoms with E-state index < -0.39 is 0 Å². The van der Waals surface area contributed by atoms with Crippen molar-refractivity contribution in [1.29, 1.82) is 0 Å². The first kappa shape index (κ1) is 15.3. The number of ether oxygens (including phenoxy) is 2. The quantitative estimate of drug-likeness (QED) is 0.812. The van der Waals surface area contributed by atoms with Gasteiger partial charge in [-0.05, 0) is 41.9 Å². The van der Waals surface area contributed by atoms with Gasteiger partial charge in [-0.2, -0.15) is 0 Å². The van der Waals surface area contributed by atoms with Gasteiger partial charge in [0.15, 0.2) is 0 Å². The van der Waals surface area contributed by atoms with Crippen molar-refractivity contribution in [2.45, 2.75) is 32.4 Å². The third-order valence-corrected chi connectivity index (χ3v) is 4.70. The van der Waals surface area contributed by atoms with Crippen molar-refractivity contribution in [2.24, 2.45) is 5.92 Å². The van der Waals surface area contributed by atoms with Gasteiger partial charge in [0.2, 0.25) is 5.88 Å². The molecule has 1 fully saturated rings. The minimum absolute atomic E-state index is 0.589. The van der Waals surface area contributed by atoms with Crippen molar-refractivity contribution in [3.8, 4) is 5.88 Å². The van der Waals surface area contributed by atoms with Crippen LogP contribution in [-0.2, 0) is 24.3 Å². The number of fused-ring (bicyclic) bond motifs is 1. The highest BCUT2D eigenvalue weighted by Crippen LogP contribution is 2.30. The first-order valence-electron chi connectivity index (χ1n) is 8.47. The van der Waals surface area contributed by atoms with Gasteiger partial charge < -0.3 is 14.4 Å². The Morgan fingerprint density at radius 3 is 3.00 bits per heavy atom. The first-order chi connectivity index (χ1) is 11.8.